The number of rotatable bonds is 3. The molecule has 4 nitrogen and oxygen atoms in total. The van der Waals surface area contributed by atoms with Gasteiger partial charge in [0.1, 0.15) is 11.9 Å². The van der Waals surface area contributed by atoms with E-state index in [0.29, 0.717) is 15.3 Å². The number of H-pyrrole nitrogens is 1. The minimum atomic E-state index is -0.0753. The molecule has 0 spiro atoms. The molecule has 1 fully saturated rings. The highest BCUT2D eigenvalue weighted by molar-refractivity contribution is 14.1. The fraction of sp³-hybridized carbons (Fsp3) is 0.692. The van der Waals surface area contributed by atoms with E-state index in [-0.39, 0.29) is 11.7 Å². The molecule has 1 aliphatic rings. The van der Waals surface area contributed by atoms with Crippen molar-refractivity contribution in [2.24, 2.45) is 5.92 Å². The van der Waals surface area contributed by atoms with Crippen LogP contribution in [0.1, 0.15) is 49.7 Å². The predicted octanol–water partition coefficient (Wildman–Crippen LogP) is 2.95. The average molecular weight is 362 g/mol. The first-order valence-corrected chi connectivity index (χ1v) is 7.50. The summed E-state index contributed by atoms with van der Waals surface area (Å²) in [5.74, 6) is 1.17. The van der Waals surface area contributed by atoms with Gasteiger partial charge in [-0.25, -0.2) is 4.98 Å². The molecule has 1 atom stereocenters. The molecule has 1 unspecified atom stereocenters. The van der Waals surface area contributed by atoms with Crippen molar-refractivity contribution in [1.29, 1.82) is 0 Å². The summed E-state index contributed by atoms with van der Waals surface area (Å²) < 4.78 is 6.25. The Hall–Kier alpha value is -0.430. The van der Waals surface area contributed by atoms with Crippen LogP contribution in [-0.4, -0.2) is 17.1 Å². The van der Waals surface area contributed by atoms with Gasteiger partial charge in [0.05, 0.1) is 9.26 Å². The summed E-state index contributed by atoms with van der Waals surface area (Å²) in [5, 5.41) is 0. The van der Waals surface area contributed by atoms with Gasteiger partial charge >= 0.3 is 0 Å². The van der Waals surface area contributed by atoms with E-state index in [1.807, 2.05) is 29.5 Å². The summed E-state index contributed by atoms with van der Waals surface area (Å²) in [7, 11) is 1.70. The highest BCUT2D eigenvalue weighted by Gasteiger charge is 2.27. The Balaban J connectivity index is 2.29. The Morgan fingerprint density at radius 1 is 1.39 bits per heavy atom. The van der Waals surface area contributed by atoms with Gasteiger partial charge < -0.3 is 9.72 Å². The van der Waals surface area contributed by atoms with Crippen LogP contribution in [0.2, 0.25) is 0 Å². The number of nitrogens with one attached hydrogen (secondary N) is 1. The molecule has 2 rings (SSSR count). The van der Waals surface area contributed by atoms with Crippen molar-refractivity contribution in [2.45, 2.75) is 45.1 Å². The number of hydrogen-bond acceptors (Lipinski definition) is 3. The lowest BCUT2D eigenvalue weighted by atomic mass is 9.85. The van der Waals surface area contributed by atoms with E-state index in [4.69, 9.17) is 4.74 Å². The number of aryl methyl sites for hydroxylation is 1. The second-order valence-corrected chi connectivity index (χ2v) is 5.98. The van der Waals surface area contributed by atoms with Gasteiger partial charge in [-0.05, 0) is 48.3 Å². The predicted molar refractivity (Wildman–Crippen MR) is 78.6 cm³/mol. The molecule has 0 saturated heterocycles. The fourth-order valence-corrected chi connectivity index (χ4v) is 2.95. The Kier molecular flexibility index (Phi) is 4.77. The van der Waals surface area contributed by atoms with Gasteiger partial charge in [-0.2, -0.15) is 0 Å². The van der Waals surface area contributed by atoms with Crippen LogP contribution in [0.15, 0.2) is 4.79 Å². The van der Waals surface area contributed by atoms with Gasteiger partial charge in [0.2, 0.25) is 0 Å². The van der Waals surface area contributed by atoms with E-state index in [2.05, 4.69) is 9.97 Å². The number of methoxy groups -OCH3 is 1. The third kappa shape index (κ3) is 2.93. The summed E-state index contributed by atoms with van der Waals surface area (Å²) >= 11 is 2.03. The normalized spacial score (nSPS) is 18.8. The van der Waals surface area contributed by atoms with Crippen molar-refractivity contribution < 1.29 is 4.74 Å². The molecule has 1 aliphatic carbocycles. The van der Waals surface area contributed by atoms with Crippen molar-refractivity contribution in [3.05, 3.63) is 25.4 Å². The number of ether oxygens (including phenoxy) is 1. The molecule has 1 aromatic rings. The molecule has 0 aromatic carbocycles. The topological polar surface area (TPSA) is 55.0 Å². The van der Waals surface area contributed by atoms with Crippen LogP contribution in [0.25, 0.3) is 0 Å². The highest BCUT2D eigenvalue weighted by Crippen LogP contribution is 2.34. The molecule has 1 heterocycles. The smallest absolute Gasteiger partial charge is 0.264 e. The second kappa shape index (κ2) is 6.14. The molecular weight excluding hydrogens is 343 g/mol. The highest BCUT2D eigenvalue weighted by atomic mass is 127. The molecule has 18 heavy (non-hydrogen) atoms. The number of aromatic amines is 1. The molecule has 100 valence electrons. The summed E-state index contributed by atoms with van der Waals surface area (Å²) in [6.07, 6.45) is 6.05. The van der Waals surface area contributed by atoms with E-state index in [1.54, 1.807) is 7.11 Å². The van der Waals surface area contributed by atoms with Crippen molar-refractivity contribution in [2.75, 3.05) is 7.11 Å². The van der Waals surface area contributed by atoms with E-state index in [9.17, 15) is 4.79 Å². The van der Waals surface area contributed by atoms with E-state index in [0.717, 1.165) is 18.5 Å². The zero-order valence-corrected chi connectivity index (χ0v) is 13.0. The van der Waals surface area contributed by atoms with Crippen molar-refractivity contribution in [1.82, 2.24) is 9.97 Å². The number of hydrogen-bond donors (Lipinski definition) is 1. The first-order chi connectivity index (χ1) is 8.63. The molecule has 1 aromatic heterocycles. The van der Waals surface area contributed by atoms with Gasteiger partial charge in [-0.1, -0.05) is 19.3 Å². The van der Waals surface area contributed by atoms with Crippen LogP contribution in [0.4, 0.5) is 0 Å². The van der Waals surface area contributed by atoms with E-state index >= 15 is 0 Å². The lowest BCUT2D eigenvalue weighted by Gasteiger charge is -2.28. The van der Waals surface area contributed by atoms with Crippen LogP contribution in [-0.2, 0) is 4.74 Å². The van der Waals surface area contributed by atoms with Gasteiger partial charge in [-0.3, -0.25) is 4.79 Å². The van der Waals surface area contributed by atoms with E-state index in [1.165, 1.54) is 19.3 Å². The number of nitrogens with zero attached hydrogens (tertiary/aromatic N) is 1. The molecule has 0 aliphatic heterocycles. The van der Waals surface area contributed by atoms with Gasteiger partial charge in [0, 0.05) is 7.11 Å². The SMILES string of the molecule is COC(c1nc(C)c(I)c(=O)[nH]1)C1CCCCC1. The third-order valence-electron chi connectivity index (χ3n) is 3.65. The largest absolute Gasteiger partial charge is 0.373 e. The quantitative estimate of drug-likeness (QED) is 0.842. The zero-order chi connectivity index (χ0) is 13.1. The molecule has 0 radical (unpaired) electrons. The zero-order valence-electron chi connectivity index (χ0n) is 10.8. The first kappa shape index (κ1) is 14.0. The fourth-order valence-electron chi connectivity index (χ4n) is 2.69. The lowest BCUT2D eigenvalue weighted by molar-refractivity contribution is 0.0286. The summed E-state index contributed by atoms with van der Waals surface area (Å²) in [5.41, 5.74) is 0.725. The van der Waals surface area contributed by atoms with Crippen molar-refractivity contribution in [3.8, 4) is 0 Å². The van der Waals surface area contributed by atoms with Gasteiger partial charge in [0.25, 0.3) is 5.56 Å². The standard InChI is InChI=1S/C13H19IN2O2/c1-8-10(14)13(17)16-12(15-8)11(18-2)9-6-4-3-5-7-9/h9,11H,3-7H2,1-2H3,(H,15,16,17). The van der Waals surface area contributed by atoms with Crippen molar-refractivity contribution >= 4 is 22.6 Å². The second-order valence-electron chi connectivity index (χ2n) is 4.90. The van der Waals surface area contributed by atoms with Crippen LogP contribution < -0.4 is 5.56 Å². The van der Waals surface area contributed by atoms with Crippen LogP contribution >= 0.6 is 22.6 Å². The molecule has 0 amide bonds. The minimum absolute atomic E-state index is 0.0593. The number of aromatic nitrogens is 2. The minimum Gasteiger partial charge on any atom is -0.373 e. The summed E-state index contributed by atoms with van der Waals surface area (Å²) in [4.78, 5) is 19.2. The number of halogens is 1. The molecule has 5 heteroatoms. The Labute approximate surface area is 121 Å². The third-order valence-corrected chi connectivity index (χ3v) is 4.92. The molecule has 1 N–H and O–H groups in total. The first-order valence-electron chi connectivity index (χ1n) is 6.42. The molecule has 0 bridgehead atoms. The van der Waals surface area contributed by atoms with E-state index < -0.39 is 0 Å². The Bertz CT molecular complexity index is 467. The molecule has 1 saturated carbocycles. The summed E-state index contributed by atoms with van der Waals surface area (Å²) in [6.45, 7) is 1.87. The monoisotopic (exact) mass is 362 g/mol. The van der Waals surface area contributed by atoms with Crippen LogP contribution in [0.3, 0.4) is 0 Å². The molecular formula is C13H19IN2O2. The van der Waals surface area contributed by atoms with Gasteiger partial charge in [0.15, 0.2) is 0 Å². The van der Waals surface area contributed by atoms with Crippen LogP contribution in [0, 0.1) is 16.4 Å². The average Bonchev–Trinajstić information content (AvgIpc) is 2.38. The summed E-state index contributed by atoms with van der Waals surface area (Å²) in [6, 6.07) is 0. The van der Waals surface area contributed by atoms with Gasteiger partial charge in [-0.15, -0.1) is 0 Å². The van der Waals surface area contributed by atoms with Crippen LogP contribution in [0.5, 0.6) is 0 Å². The maximum absolute atomic E-state index is 11.8. The van der Waals surface area contributed by atoms with Crippen molar-refractivity contribution in [3.63, 3.8) is 0 Å². The maximum Gasteiger partial charge on any atom is 0.264 e. The Morgan fingerprint density at radius 2 is 2.06 bits per heavy atom. The maximum atomic E-state index is 11.8. The lowest BCUT2D eigenvalue weighted by Crippen LogP contribution is -2.25. The Morgan fingerprint density at radius 3 is 2.61 bits per heavy atom.